The highest BCUT2D eigenvalue weighted by atomic mass is 16.5. The van der Waals surface area contributed by atoms with Gasteiger partial charge in [0.1, 0.15) is 0 Å². The minimum atomic E-state index is 0.706. The molecule has 64 valence electrons. The SMILES string of the molecule is CCc1cc2c(nn1)CCOC2. The number of nitrogens with zero attached hydrogens (tertiary/aromatic N) is 2. The Balaban J connectivity index is 2.36. The molecule has 0 fully saturated rings. The van der Waals surface area contributed by atoms with Crippen LogP contribution in [-0.2, 0) is 24.2 Å². The van der Waals surface area contributed by atoms with Gasteiger partial charge in [-0.2, -0.15) is 10.2 Å². The van der Waals surface area contributed by atoms with E-state index in [9.17, 15) is 0 Å². The van der Waals surface area contributed by atoms with Crippen molar-refractivity contribution in [1.82, 2.24) is 10.2 Å². The number of hydrogen-bond donors (Lipinski definition) is 0. The van der Waals surface area contributed by atoms with Crippen molar-refractivity contribution in [3.63, 3.8) is 0 Å². The van der Waals surface area contributed by atoms with Crippen LogP contribution >= 0.6 is 0 Å². The van der Waals surface area contributed by atoms with Crippen LogP contribution in [0.3, 0.4) is 0 Å². The predicted octanol–water partition coefficient (Wildman–Crippen LogP) is 1.11. The average Bonchev–Trinajstić information content (AvgIpc) is 2.17. The number of fused-ring (bicyclic) bond motifs is 1. The fourth-order valence-corrected chi connectivity index (χ4v) is 1.36. The van der Waals surface area contributed by atoms with Crippen LogP contribution in [0.4, 0.5) is 0 Å². The number of hydrogen-bond acceptors (Lipinski definition) is 3. The summed E-state index contributed by atoms with van der Waals surface area (Å²) < 4.78 is 5.33. The molecule has 0 amide bonds. The van der Waals surface area contributed by atoms with Crippen LogP contribution in [0.1, 0.15) is 23.9 Å². The summed E-state index contributed by atoms with van der Waals surface area (Å²) in [7, 11) is 0. The lowest BCUT2D eigenvalue weighted by Crippen LogP contribution is -2.13. The zero-order valence-corrected chi connectivity index (χ0v) is 7.21. The van der Waals surface area contributed by atoms with Gasteiger partial charge in [0.15, 0.2) is 0 Å². The van der Waals surface area contributed by atoms with Crippen LogP contribution in [0, 0.1) is 0 Å². The first-order valence-electron chi connectivity index (χ1n) is 4.32. The van der Waals surface area contributed by atoms with E-state index >= 15 is 0 Å². The highest BCUT2D eigenvalue weighted by molar-refractivity contribution is 5.22. The molecule has 0 saturated heterocycles. The molecule has 0 unspecified atom stereocenters. The van der Waals surface area contributed by atoms with Gasteiger partial charge in [0.2, 0.25) is 0 Å². The molecule has 3 nitrogen and oxygen atoms in total. The molecule has 2 heterocycles. The third-order valence-corrected chi connectivity index (χ3v) is 2.11. The van der Waals surface area contributed by atoms with Gasteiger partial charge < -0.3 is 4.74 Å². The largest absolute Gasteiger partial charge is 0.376 e. The average molecular weight is 164 g/mol. The van der Waals surface area contributed by atoms with Crippen LogP contribution < -0.4 is 0 Å². The fourth-order valence-electron chi connectivity index (χ4n) is 1.36. The maximum atomic E-state index is 5.33. The van der Waals surface area contributed by atoms with Crippen molar-refractivity contribution in [1.29, 1.82) is 0 Å². The number of aromatic nitrogens is 2. The lowest BCUT2D eigenvalue weighted by atomic mass is 10.1. The number of ether oxygens (including phenoxy) is 1. The van der Waals surface area contributed by atoms with Gasteiger partial charge in [0, 0.05) is 12.0 Å². The molecule has 0 aromatic carbocycles. The Morgan fingerprint density at radius 2 is 2.42 bits per heavy atom. The summed E-state index contributed by atoms with van der Waals surface area (Å²) in [6, 6.07) is 2.10. The van der Waals surface area contributed by atoms with Gasteiger partial charge >= 0.3 is 0 Å². The molecule has 0 spiro atoms. The molecule has 1 aromatic rings. The van der Waals surface area contributed by atoms with Crippen molar-refractivity contribution < 1.29 is 4.74 Å². The van der Waals surface area contributed by atoms with Gasteiger partial charge in [-0.1, -0.05) is 6.92 Å². The normalized spacial score (nSPS) is 15.8. The standard InChI is InChI=1S/C9H12N2O/c1-2-8-5-7-6-12-4-3-9(7)11-10-8/h5H,2-4,6H2,1H3. The van der Waals surface area contributed by atoms with Gasteiger partial charge in [-0.15, -0.1) is 0 Å². The van der Waals surface area contributed by atoms with E-state index in [0.717, 1.165) is 30.8 Å². The molecule has 0 atom stereocenters. The Morgan fingerprint density at radius 1 is 1.50 bits per heavy atom. The molecule has 0 radical (unpaired) electrons. The lowest BCUT2D eigenvalue weighted by Gasteiger charge is -2.14. The first-order chi connectivity index (χ1) is 5.90. The third-order valence-electron chi connectivity index (χ3n) is 2.11. The molecule has 0 bridgehead atoms. The molecule has 2 rings (SSSR count). The molecule has 0 N–H and O–H groups in total. The fraction of sp³-hybridized carbons (Fsp3) is 0.556. The smallest absolute Gasteiger partial charge is 0.0736 e. The number of aryl methyl sites for hydroxylation is 1. The highest BCUT2D eigenvalue weighted by Crippen LogP contribution is 2.14. The maximum Gasteiger partial charge on any atom is 0.0736 e. The Morgan fingerprint density at radius 3 is 3.25 bits per heavy atom. The van der Waals surface area contributed by atoms with Crippen LogP contribution in [0.2, 0.25) is 0 Å². The summed E-state index contributed by atoms with van der Waals surface area (Å²) >= 11 is 0. The first kappa shape index (κ1) is 7.68. The van der Waals surface area contributed by atoms with Gasteiger partial charge in [-0.05, 0) is 12.5 Å². The third kappa shape index (κ3) is 1.32. The lowest BCUT2D eigenvalue weighted by molar-refractivity contribution is 0.108. The molecular formula is C9H12N2O. The summed E-state index contributed by atoms with van der Waals surface area (Å²) in [5, 5.41) is 8.26. The second-order valence-corrected chi connectivity index (χ2v) is 2.96. The van der Waals surface area contributed by atoms with E-state index in [-0.39, 0.29) is 0 Å². The minimum absolute atomic E-state index is 0.706. The molecule has 1 aromatic heterocycles. The zero-order valence-electron chi connectivity index (χ0n) is 7.21. The highest BCUT2D eigenvalue weighted by Gasteiger charge is 2.11. The van der Waals surface area contributed by atoms with E-state index in [0.29, 0.717) is 6.61 Å². The van der Waals surface area contributed by atoms with Crippen molar-refractivity contribution >= 4 is 0 Å². The van der Waals surface area contributed by atoms with Crippen LogP contribution in [-0.4, -0.2) is 16.8 Å². The van der Waals surface area contributed by atoms with Crippen molar-refractivity contribution in [3.8, 4) is 0 Å². The monoisotopic (exact) mass is 164 g/mol. The quantitative estimate of drug-likeness (QED) is 0.623. The van der Waals surface area contributed by atoms with Crippen LogP contribution in [0.15, 0.2) is 6.07 Å². The summed E-state index contributed by atoms with van der Waals surface area (Å²) in [4.78, 5) is 0. The Hall–Kier alpha value is -0.960. The van der Waals surface area contributed by atoms with E-state index in [1.165, 1.54) is 5.56 Å². The van der Waals surface area contributed by atoms with Gasteiger partial charge in [-0.25, -0.2) is 0 Å². The van der Waals surface area contributed by atoms with Crippen molar-refractivity contribution in [2.75, 3.05) is 6.61 Å². The predicted molar refractivity (Wildman–Crippen MR) is 44.8 cm³/mol. The summed E-state index contributed by atoms with van der Waals surface area (Å²) in [6.45, 7) is 3.57. The van der Waals surface area contributed by atoms with Crippen LogP contribution in [0.5, 0.6) is 0 Å². The van der Waals surface area contributed by atoms with Crippen LogP contribution in [0.25, 0.3) is 0 Å². The van der Waals surface area contributed by atoms with Crippen molar-refractivity contribution in [3.05, 3.63) is 23.0 Å². The van der Waals surface area contributed by atoms with E-state index in [2.05, 4.69) is 23.2 Å². The molecule has 1 aliphatic heterocycles. The summed E-state index contributed by atoms with van der Waals surface area (Å²) in [5.41, 5.74) is 3.38. The molecule has 1 aliphatic rings. The Kier molecular flexibility index (Phi) is 2.04. The number of rotatable bonds is 1. The van der Waals surface area contributed by atoms with E-state index in [1.54, 1.807) is 0 Å². The van der Waals surface area contributed by atoms with Gasteiger partial charge in [0.05, 0.1) is 24.6 Å². The molecule has 0 saturated carbocycles. The van der Waals surface area contributed by atoms with Gasteiger partial charge in [-0.3, -0.25) is 0 Å². The van der Waals surface area contributed by atoms with Crippen molar-refractivity contribution in [2.45, 2.75) is 26.4 Å². The molecule has 12 heavy (non-hydrogen) atoms. The maximum absolute atomic E-state index is 5.33. The minimum Gasteiger partial charge on any atom is -0.376 e. The Labute approximate surface area is 71.8 Å². The van der Waals surface area contributed by atoms with E-state index < -0.39 is 0 Å². The van der Waals surface area contributed by atoms with Crippen molar-refractivity contribution in [2.24, 2.45) is 0 Å². The molecular weight excluding hydrogens is 152 g/mol. The molecule has 0 aliphatic carbocycles. The van der Waals surface area contributed by atoms with E-state index in [4.69, 9.17) is 4.74 Å². The van der Waals surface area contributed by atoms with E-state index in [1.807, 2.05) is 0 Å². The summed E-state index contributed by atoms with van der Waals surface area (Å²) in [5.74, 6) is 0. The summed E-state index contributed by atoms with van der Waals surface area (Å²) in [6.07, 6.45) is 1.85. The second-order valence-electron chi connectivity index (χ2n) is 2.96. The van der Waals surface area contributed by atoms with Gasteiger partial charge in [0.25, 0.3) is 0 Å². The Bertz CT molecular complexity index is 286. The topological polar surface area (TPSA) is 35.0 Å². The first-order valence-corrected chi connectivity index (χ1v) is 4.32. The zero-order chi connectivity index (χ0) is 8.39. The second kappa shape index (κ2) is 3.19. The molecule has 3 heteroatoms.